The lowest BCUT2D eigenvalue weighted by molar-refractivity contribution is 0.0597. The van der Waals surface area contributed by atoms with Gasteiger partial charge in [-0.1, -0.05) is 6.07 Å². The molecular formula is C12H13NO4. The molecule has 0 saturated carbocycles. The number of hydrogen-bond acceptors (Lipinski definition) is 5. The molecule has 90 valence electrons. The van der Waals surface area contributed by atoms with Crippen molar-refractivity contribution in [3.05, 3.63) is 36.2 Å². The molecular weight excluding hydrogens is 222 g/mol. The summed E-state index contributed by atoms with van der Waals surface area (Å²) in [5, 5.41) is 0. The second-order valence-corrected chi connectivity index (χ2v) is 3.40. The van der Waals surface area contributed by atoms with Crippen LogP contribution >= 0.6 is 0 Å². The van der Waals surface area contributed by atoms with Crippen LogP contribution in [0.5, 0.6) is 5.75 Å². The summed E-state index contributed by atoms with van der Waals surface area (Å²) in [6.07, 6.45) is 3.36. The molecule has 0 N–H and O–H groups in total. The molecule has 0 fully saturated rings. The third kappa shape index (κ3) is 2.04. The van der Waals surface area contributed by atoms with Crippen LogP contribution in [0.4, 0.5) is 5.69 Å². The smallest absolute Gasteiger partial charge is 0.341 e. The molecule has 1 aromatic rings. The first-order chi connectivity index (χ1) is 8.27. The van der Waals surface area contributed by atoms with Crippen molar-refractivity contribution in [1.82, 2.24) is 0 Å². The number of rotatable bonds is 3. The van der Waals surface area contributed by atoms with Gasteiger partial charge in [-0.15, -0.1) is 0 Å². The van der Waals surface area contributed by atoms with Crippen LogP contribution in [0.25, 0.3) is 0 Å². The van der Waals surface area contributed by atoms with Gasteiger partial charge in [-0.25, -0.2) is 4.79 Å². The average molecular weight is 235 g/mol. The van der Waals surface area contributed by atoms with Crippen LogP contribution in [0.15, 0.2) is 30.7 Å². The van der Waals surface area contributed by atoms with Gasteiger partial charge in [0.15, 0.2) is 12.5 Å². The van der Waals surface area contributed by atoms with E-state index in [-0.39, 0.29) is 0 Å². The summed E-state index contributed by atoms with van der Waals surface area (Å²) in [4.78, 5) is 13.4. The van der Waals surface area contributed by atoms with E-state index in [9.17, 15) is 4.79 Å². The van der Waals surface area contributed by atoms with Crippen LogP contribution in [0, 0.1) is 0 Å². The Balaban J connectivity index is 2.45. The molecule has 5 heteroatoms. The van der Waals surface area contributed by atoms with E-state index in [1.165, 1.54) is 14.2 Å². The Morgan fingerprint density at radius 2 is 2.24 bits per heavy atom. The molecule has 0 spiro atoms. The fourth-order valence-electron chi connectivity index (χ4n) is 1.67. The van der Waals surface area contributed by atoms with Gasteiger partial charge in [-0.3, -0.25) is 0 Å². The maximum Gasteiger partial charge on any atom is 0.341 e. The van der Waals surface area contributed by atoms with Gasteiger partial charge >= 0.3 is 5.97 Å². The largest absolute Gasteiger partial charge is 0.494 e. The highest BCUT2D eigenvalue weighted by atomic mass is 16.5. The number of nitrogens with zero attached hydrogens (tertiary/aromatic N) is 1. The number of anilines is 1. The number of benzene rings is 1. The number of carbonyl (C=O) groups is 1. The Labute approximate surface area is 99.2 Å². The van der Waals surface area contributed by atoms with Gasteiger partial charge in [0.1, 0.15) is 11.8 Å². The molecule has 1 aromatic carbocycles. The van der Waals surface area contributed by atoms with E-state index in [1.807, 2.05) is 11.0 Å². The van der Waals surface area contributed by atoms with E-state index in [0.717, 1.165) is 5.69 Å². The zero-order valence-corrected chi connectivity index (χ0v) is 9.67. The van der Waals surface area contributed by atoms with Crippen LogP contribution < -0.4 is 9.64 Å². The van der Waals surface area contributed by atoms with Gasteiger partial charge in [-0.05, 0) is 12.1 Å². The highest BCUT2D eigenvalue weighted by Gasteiger charge is 2.20. The average Bonchev–Trinajstić information content (AvgIpc) is 2.90. The van der Waals surface area contributed by atoms with Crippen molar-refractivity contribution in [3.8, 4) is 5.75 Å². The second kappa shape index (κ2) is 4.78. The summed E-state index contributed by atoms with van der Waals surface area (Å²) in [6.45, 7) is 0.404. The van der Waals surface area contributed by atoms with Crippen LogP contribution in [0.3, 0.4) is 0 Å². The summed E-state index contributed by atoms with van der Waals surface area (Å²) in [5.74, 6) is 0.0577. The summed E-state index contributed by atoms with van der Waals surface area (Å²) >= 11 is 0. The van der Waals surface area contributed by atoms with Crippen LogP contribution in [0.2, 0.25) is 0 Å². The van der Waals surface area contributed by atoms with E-state index >= 15 is 0 Å². The Kier molecular flexibility index (Phi) is 3.18. The Bertz CT molecular complexity index is 456. The SMILES string of the molecule is COC(=O)c1cccc(N2C=COC2)c1OC. The molecule has 0 atom stereocenters. The second-order valence-electron chi connectivity index (χ2n) is 3.40. The summed E-state index contributed by atoms with van der Waals surface area (Å²) in [7, 11) is 2.86. The molecule has 1 heterocycles. The van der Waals surface area contributed by atoms with Crippen LogP contribution in [0.1, 0.15) is 10.4 Å². The summed E-state index contributed by atoms with van der Waals surface area (Å²) in [5.41, 5.74) is 1.16. The zero-order chi connectivity index (χ0) is 12.3. The first kappa shape index (κ1) is 11.3. The fraction of sp³-hybridized carbons (Fsp3) is 0.250. The van der Waals surface area contributed by atoms with Gasteiger partial charge in [0, 0.05) is 6.20 Å². The van der Waals surface area contributed by atoms with Crippen molar-refractivity contribution < 1.29 is 19.0 Å². The summed E-state index contributed by atoms with van der Waals surface area (Å²) in [6, 6.07) is 5.29. The van der Waals surface area contributed by atoms with Crippen LogP contribution in [-0.2, 0) is 9.47 Å². The molecule has 2 rings (SSSR count). The molecule has 0 amide bonds. The van der Waals surface area contributed by atoms with Gasteiger partial charge < -0.3 is 19.1 Å². The Morgan fingerprint density at radius 1 is 1.41 bits per heavy atom. The quantitative estimate of drug-likeness (QED) is 0.747. The minimum atomic E-state index is -0.423. The third-order valence-corrected chi connectivity index (χ3v) is 2.46. The zero-order valence-electron chi connectivity index (χ0n) is 9.67. The van der Waals surface area contributed by atoms with Crippen molar-refractivity contribution in [3.63, 3.8) is 0 Å². The lowest BCUT2D eigenvalue weighted by Gasteiger charge is -2.18. The number of esters is 1. The first-order valence-electron chi connectivity index (χ1n) is 5.08. The lowest BCUT2D eigenvalue weighted by atomic mass is 10.1. The molecule has 5 nitrogen and oxygen atoms in total. The monoisotopic (exact) mass is 235 g/mol. The van der Waals surface area contributed by atoms with Gasteiger partial charge in [-0.2, -0.15) is 0 Å². The molecule has 0 bridgehead atoms. The van der Waals surface area contributed by atoms with E-state index in [2.05, 4.69) is 0 Å². The highest BCUT2D eigenvalue weighted by molar-refractivity contribution is 5.95. The molecule has 0 saturated heterocycles. The Hall–Kier alpha value is -2.17. The van der Waals surface area contributed by atoms with Crippen molar-refractivity contribution in [2.24, 2.45) is 0 Å². The van der Waals surface area contributed by atoms with Gasteiger partial charge in [0.25, 0.3) is 0 Å². The third-order valence-electron chi connectivity index (χ3n) is 2.46. The van der Waals surface area contributed by atoms with Crippen molar-refractivity contribution in [2.75, 3.05) is 25.9 Å². The van der Waals surface area contributed by atoms with E-state index in [0.29, 0.717) is 18.0 Å². The van der Waals surface area contributed by atoms with Gasteiger partial charge in [0.2, 0.25) is 0 Å². The number of hydrogen-bond donors (Lipinski definition) is 0. The number of para-hydroxylation sites is 1. The number of methoxy groups -OCH3 is 2. The molecule has 0 radical (unpaired) electrons. The molecule has 1 aliphatic rings. The minimum Gasteiger partial charge on any atom is -0.494 e. The molecule has 0 aliphatic carbocycles. The van der Waals surface area contributed by atoms with Crippen molar-refractivity contribution in [2.45, 2.75) is 0 Å². The van der Waals surface area contributed by atoms with E-state index in [4.69, 9.17) is 14.2 Å². The molecule has 1 aliphatic heterocycles. The molecule has 0 unspecified atom stereocenters. The molecule has 0 aromatic heterocycles. The minimum absolute atomic E-state index is 0.396. The topological polar surface area (TPSA) is 48.0 Å². The highest BCUT2D eigenvalue weighted by Crippen LogP contribution is 2.33. The standard InChI is InChI=1S/C12H13NO4/c1-15-11-9(12(14)16-2)4-3-5-10(11)13-6-7-17-8-13/h3-7H,8H2,1-2H3. The predicted octanol–water partition coefficient (Wildman–Crippen LogP) is 1.75. The maximum absolute atomic E-state index is 11.6. The van der Waals surface area contributed by atoms with Crippen molar-refractivity contribution in [1.29, 1.82) is 0 Å². The molecule has 17 heavy (non-hydrogen) atoms. The van der Waals surface area contributed by atoms with Crippen molar-refractivity contribution >= 4 is 11.7 Å². The maximum atomic E-state index is 11.6. The lowest BCUT2D eigenvalue weighted by Crippen LogP contribution is -2.16. The predicted molar refractivity (Wildman–Crippen MR) is 61.9 cm³/mol. The fourth-order valence-corrected chi connectivity index (χ4v) is 1.67. The van der Waals surface area contributed by atoms with Crippen LogP contribution in [-0.4, -0.2) is 26.9 Å². The number of carbonyl (C=O) groups excluding carboxylic acids is 1. The van der Waals surface area contributed by atoms with E-state index < -0.39 is 5.97 Å². The normalized spacial score (nSPS) is 13.4. The Morgan fingerprint density at radius 3 is 2.82 bits per heavy atom. The first-order valence-corrected chi connectivity index (χ1v) is 5.08. The number of ether oxygens (including phenoxy) is 3. The van der Waals surface area contributed by atoms with E-state index in [1.54, 1.807) is 24.6 Å². The van der Waals surface area contributed by atoms with Gasteiger partial charge in [0.05, 0.1) is 19.9 Å². The summed E-state index contributed by atoms with van der Waals surface area (Å²) < 4.78 is 15.1.